The Morgan fingerprint density at radius 1 is 1.56 bits per heavy atom. The van der Waals surface area contributed by atoms with E-state index < -0.39 is 11.9 Å². The summed E-state index contributed by atoms with van der Waals surface area (Å²) in [6.07, 6.45) is 2.24. The van der Waals surface area contributed by atoms with Crippen molar-refractivity contribution in [3.8, 4) is 0 Å². The molecule has 5 heteroatoms. The van der Waals surface area contributed by atoms with Gasteiger partial charge in [-0.2, -0.15) is 0 Å². The number of aryl methyl sites for hydroxylation is 1. The van der Waals surface area contributed by atoms with Crippen LogP contribution in [0.15, 0.2) is 34.9 Å². The fraction of sp³-hybridized carbons (Fsp3) is 0.231. The molecular formula is C13H12BrNO2S. The zero-order valence-electron chi connectivity index (χ0n) is 9.76. The van der Waals surface area contributed by atoms with E-state index in [1.165, 1.54) is 0 Å². The third-order valence-corrected chi connectivity index (χ3v) is 4.05. The Balaban J connectivity index is 2.26. The SMILES string of the molecule is Cc1ncc(CC(C(=O)O)c2cccc(Br)c2)s1. The fourth-order valence-corrected chi connectivity index (χ4v) is 3.03. The first-order valence-corrected chi connectivity index (χ1v) is 7.07. The molecule has 3 nitrogen and oxygen atoms in total. The predicted octanol–water partition coefficient (Wildman–Crippen LogP) is 3.62. The lowest BCUT2D eigenvalue weighted by atomic mass is 9.95. The Bertz CT molecular complexity index is 568. The van der Waals surface area contributed by atoms with Gasteiger partial charge in [-0.05, 0) is 24.6 Å². The summed E-state index contributed by atoms with van der Waals surface area (Å²) >= 11 is 4.91. The van der Waals surface area contributed by atoms with Crippen molar-refractivity contribution in [1.29, 1.82) is 0 Å². The van der Waals surface area contributed by atoms with E-state index in [9.17, 15) is 9.90 Å². The Labute approximate surface area is 118 Å². The van der Waals surface area contributed by atoms with Gasteiger partial charge in [-0.15, -0.1) is 11.3 Å². The number of hydrogen-bond acceptors (Lipinski definition) is 3. The lowest BCUT2D eigenvalue weighted by molar-refractivity contribution is -0.138. The van der Waals surface area contributed by atoms with Gasteiger partial charge in [0, 0.05) is 22.0 Å². The van der Waals surface area contributed by atoms with Crippen molar-refractivity contribution < 1.29 is 9.90 Å². The van der Waals surface area contributed by atoms with E-state index in [4.69, 9.17) is 0 Å². The predicted molar refractivity (Wildman–Crippen MR) is 75.1 cm³/mol. The van der Waals surface area contributed by atoms with Gasteiger partial charge in [0.05, 0.1) is 10.9 Å². The Kier molecular flexibility index (Phi) is 4.14. The molecule has 0 saturated heterocycles. The van der Waals surface area contributed by atoms with E-state index in [0.717, 1.165) is 19.9 Å². The molecule has 2 rings (SSSR count). The van der Waals surface area contributed by atoms with Gasteiger partial charge in [-0.1, -0.05) is 28.1 Å². The number of carboxylic acid groups (broad SMARTS) is 1. The van der Waals surface area contributed by atoms with Crippen molar-refractivity contribution in [1.82, 2.24) is 4.98 Å². The summed E-state index contributed by atoms with van der Waals surface area (Å²) in [6, 6.07) is 7.44. The van der Waals surface area contributed by atoms with Crippen molar-refractivity contribution in [3.05, 3.63) is 50.4 Å². The Hall–Kier alpha value is -1.20. The molecule has 0 aliphatic carbocycles. The fourth-order valence-electron chi connectivity index (χ4n) is 1.77. The third kappa shape index (κ3) is 3.17. The molecule has 0 spiro atoms. The van der Waals surface area contributed by atoms with Crippen LogP contribution in [0.5, 0.6) is 0 Å². The lowest BCUT2D eigenvalue weighted by Gasteiger charge is -2.11. The average Bonchev–Trinajstić information content (AvgIpc) is 2.71. The molecule has 1 aromatic heterocycles. The minimum atomic E-state index is -0.806. The number of aromatic nitrogens is 1. The van der Waals surface area contributed by atoms with E-state index in [2.05, 4.69) is 20.9 Å². The molecule has 1 heterocycles. The van der Waals surface area contributed by atoms with Crippen molar-refractivity contribution in [2.45, 2.75) is 19.3 Å². The maximum Gasteiger partial charge on any atom is 0.311 e. The molecule has 0 fully saturated rings. The van der Waals surface area contributed by atoms with Crippen LogP contribution in [0.25, 0.3) is 0 Å². The molecular weight excluding hydrogens is 314 g/mol. The quantitative estimate of drug-likeness (QED) is 0.933. The topological polar surface area (TPSA) is 50.2 Å². The number of halogens is 1. The average molecular weight is 326 g/mol. The van der Waals surface area contributed by atoms with E-state index in [1.54, 1.807) is 17.5 Å². The highest BCUT2D eigenvalue weighted by Crippen LogP contribution is 2.26. The van der Waals surface area contributed by atoms with Crippen molar-refractivity contribution in [2.75, 3.05) is 0 Å². The zero-order valence-corrected chi connectivity index (χ0v) is 12.2. The van der Waals surface area contributed by atoms with E-state index in [1.807, 2.05) is 31.2 Å². The molecule has 0 aliphatic rings. The molecule has 1 N–H and O–H groups in total. The smallest absolute Gasteiger partial charge is 0.311 e. The summed E-state index contributed by atoms with van der Waals surface area (Å²) in [7, 11) is 0. The van der Waals surface area contributed by atoms with Crippen LogP contribution in [0, 0.1) is 6.92 Å². The molecule has 2 aromatic rings. The Morgan fingerprint density at radius 2 is 2.33 bits per heavy atom. The van der Waals surface area contributed by atoms with Gasteiger partial charge < -0.3 is 5.11 Å². The maximum atomic E-state index is 11.4. The maximum absolute atomic E-state index is 11.4. The molecule has 1 unspecified atom stereocenters. The monoisotopic (exact) mass is 325 g/mol. The van der Waals surface area contributed by atoms with Crippen LogP contribution in [0.3, 0.4) is 0 Å². The minimum Gasteiger partial charge on any atom is -0.481 e. The molecule has 0 bridgehead atoms. The number of carboxylic acids is 1. The van der Waals surface area contributed by atoms with Crippen LogP contribution in [-0.2, 0) is 11.2 Å². The van der Waals surface area contributed by atoms with Crippen LogP contribution in [0.1, 0.15) is 21.4 Å². The summed E-state index contributed by atoms with van der Waals surface area (Å²) < 4.78 is 0.895. The first kappa shape index (κ1) is 13.2. The summed E-state index contributed by atoms with van der Waals surface area (Å²) in [5.74, 6) is -1.33. The van der Waals surface area contributed by atoms with Gasteiger partial charge in [-0.25, -0.2) is 4.98 Å². The molecule has 0 saturated carbocycles. The summed E-state index contributed by atoms with van der Waals surface area (Å²) in [5.41, 5.74) is 0.808. The molecule has 94 valence electrons. The molecule has 0 radical (unpaired) electrons. The van der Waals surface area contributed by atoms with Crippen molar-refractivity contribution in [2.24, 2.45) is 0 Å². The largest absolute Gasteiger partial charge is 0.481 e. The number of thiazole rings is 1. The standard InChI is InChI=1S/C13H12BrNO2S/c1-8-15-7-11(18-8)6-12(13(16)17)9-3-2-4-10(14)5-9/h2-5,7,12H,6H2,1H3,(H,16,17). The van der Waals surface area contributed by atoms with Crippen LogP contribution < -0.4 is 0 Å². The number of rotatable bonds is 4. The van der Waals surface area contributed by atoms with E-state index in [-0.39, 0.29) is 0 Å². The molecule has 1 atom stereocenters. The van der Waals surface area contributed by atoms with Gasteiger partial charge in [-0.3, -0.25) is 4.79 Å². The summed E-state index contributed by atoms with van der Waals surface area (Å²) in [4.78, 5) is 16.5. The van der Waals surface area contributed by atoms with Gasteiger partial charge in [0.25, 0.3) is 0 Å². The molecule has 1 aromatic carbocycles. The summed E-state index contributed by atoms with van der Waals surface area (Å²) in [5, 5.41) is 10.3. The highest BCUT2D eigenvalue weighted by Gasteiger charge is 2.21. The third-order valence-electron chi connectivity index (χ3n) is 2.62. The van der Waals surface area contributed by atoms with Gasteiger partial charge in [0.2, 0.25) is 0 Å². The second kappa shape index (κ2) is 5.63. The van der Waals surface area contributed by atoms with Crippen LogP contribution >= 0.6 is 27.3 Å². The van der Waals surface area contributed by atoms with Crippen LogP contribution in [-0.4, -0.2) is 16.1 Å². The number of hydrogen-bond donors (Lipinski definition) is 1. The van der Waals surface area contributed by atoms with E-state index >= 15 is 0 Å². The minimum absolute atomic E-state index is 0.483. The normalized spacial score (nSPS) is 12.3. The van der Waals surface area contributed by atoms with Crippen molar-refractivity contribution in [3.63, 3.8) is 0 Å². The van der Waals surface area contributed by atoms with E-state index in [0.29, 0.717) is 6.42 Å². The molecule has 0 amide bonds. The number of carbonyl (C=O) groups is 1. The van der Waals surface area contributed by atoms with Crippen LogP contribution in [0.2, 0.25) is 0 Å². The van der Waals surface area contributed by atoms with Crippen LogP contribution in [0.4, 0.5) is 0 Å². The van der Waals surface area contributed by atoms with Gasteiger partial charge in [0.15, 0.2) is 0 Å². The summed E-state index contributed by atoms with van der Waals surface area (Å²) in [6.45, 7) is 1.92. The zero-order chi connectivity index (χ0) is 13.1. The number of nitrogens with zero attached hydrogens (tertiary/aromatic N) is 1. The number of aliphatic carboxylic acids is 1. The number of benzene rings is 1. The second-order valence-corrected chi connectivity index (χ2v) is 6.23. The van der Waals surface area contributed by atoms with Gasteiger partial charge >= 0.3 is 5.97 Å². The molecule has 0 aliphatic heterocycles. The first-order valence-electron chi connectivity index (χ1n) is 5.46. The first-order chi connectivity index (χ1) is 8.56. The molecule has 18 heavy (non-hydrogen) atoms. The highest BCUT2D eigenvalue weighted by atomic mass is 79.9. The Morgan fingerprint density at radius 3 is 2.89 bits per heavy atom. The van der Waals surface area contributed by atoms with Crippen molar-refractivity contribution >= 4 is 33.2 Å². The highest BCUT2D eigenvalue weighted by molar-refractivity contribution is 9.10. The second-order valence-electron chi connectivity index (χ2n) is 4.00. The van der Waals surface area contributed by atoms with Gasteiger partial charge in [0.1, 0.15) is 0 Å². The lowest BCUT2D eigenvalue weighted by Crippen LogP contribution is -2.13.